The average Bonchev–Trinajstić information content (AvgIpc) is 2.20. The zero-order chi connectivity index (χ0) is 11.3. The molecule has 0 aliphatic carbocycles. The van der Waals surface area contributed by atoms with Crippen LogP contribution in [0.1, 0.15) is 25.8 Å². The lowest BCUT2D eigenvalue weighted by Crippen LogP contribution is -2.11. The summed E-state index contributed by atoms with van der Waals surface area (Å²) in [6.07, 6.45) is 4.49. The largest absolute Gasteiger partial charge is 0.393 e. The van der Waals surface area contributed by atoms with Crippen molar-refractivity contribution in [1.82, 2.24) is 0 Å². The summed E-state index contributed by atoms with van der Waals surface area (Å²) in [7, 11) is 0. The quantitative estimate of drug-likeness (QED) is 0.805. The Morgan fingerprint density at radius 3 is 2.40 bits per heavy atom. The van der Waals surface area contributed by atoms with Crippen LogP contribution < -0.4 is 0 Å². The van der Waals surface area contributed by atoms with E-state index in [2.05, 4.69) is 0 Å². The molecular weight excluding hydrogens is 191 g/mol. The third-order valence-corrected chi connectivity index (χ3v) is 2.51. The topological polar surface area (TPSA) is 20.2 Å². The Balaban J connectivity index is 2.48. The van der Waals surface area contributed by atoms with E-state index >= 15 is 0 Å². The average molecular weight is 208 g/mol. The van der Waals surface area contributed by atoms with E-state index in [9.17, 15) is 9.50 Å². The van der Waals surface area contributed by atoms with Crippen LogP contribution >= 0.6 is 0 Å². The fourth-order valence-electron chi connectivity index (χ4n) is 1.19. The van der Waals surface area contributed by atoms with Gasteiger partial charge in [0.05, 0.1) is 6.10 Å². The molecule has 1 aromatic rings. The van der Waals surface area contributed by atoms with Crippen molar-refractivity contribution < 1.29 is 9.50 Å². The molecule has 0 bridgehead atoms. The molecule has 2 heteroatoms. The van der Waals surface area contributed by atoms with Crippen LogP contribution in [0.5, 0.6) is 0 Å². The minimum absolute atomic E-state index is 0.218. The van der Waals surface area contributed by atoms with Gasteiger partial charge in [-0.1, -0.05) is 31.2 Å². The second-order valence-corrected chi connectivity index (χ2v) is 3.91. The Bertz CT molecular complexity index is 314. The van der Waals surface area contributed by atoms with Crippen molar-refractivity contribution in [1.29, 1.82) is 0 Å². The molecular formula is C13H17FO. The maximum atomic E-state index is 12.6. The smallest absolute Gasteiger partial charge is 0.123 e. The number of halogens is 1. The number of benzene rings is 1. The van der Waals surface area contributed by atoms with Gasteiger partial charge < -0.3 is 5.11 Å². The molecule has 2 atom stereocenters. The first-order valence-corrected chi connectivity index (χ1v) is 5.20. The van der Waals surface area contributed by atoms with Crippen LogP contribution in [0.25, 0.3) is 6.08 Å². The fourth-order valence-corrected chi connectivity index (χ4v) is 1.19. The molecule has 0 amide bonds. The molecule has 1 aromatic carbocycles. The first-order chi connectivity index (χ1) is 7.09. The third-order valence-electron chi connectivity index (χ3n) is 2.51. The van der Waals surface area contributed by atoms with E-state index in [1.807, 2.05) is 19.1 Å². The number of aliphatic hydroxyl groups excluding tert-OH is 1. The summed E-state index contributed by atoms with van der Waals surface area (Å²) in [5, 5.41) is 9.27. The SMILES string of the molecule is CC(O)C(C)CC=Cc1ccc(F)cc1. The second-order valence-electron chi connectivity index (χ2n) is 3.91. The van der Waals surface area contributed by atoms with E-state index in [4.69, 9.17) is 0 Å². The van der Waals surface area contributed by atoms with Gasteiger partial charge in [0, 0.05) is 0 Å². The highest BCUT2D eigenvalue weighted by atomic mass is 19.1. The molecule has 0 aromatic heterocycles. The second kappa shape index (κ2) is 5.66. The number of hydrogen-bond donors (Lipinski definition) is 1. The summed E-state index contributed by atoms with van der Waals surface area (Å²) in [6.45, 7) is 3.79. The lowest BCUT2D eigenvalue weighted by molar-refractivity contribution is 0.136. The Kier molecular flexibility index (Phi) is 4.50. The van der Waals surface area contributed by atoms with Crippen LogP contribution in [0.2, 0.25) is 0 Å². The van der Waals surface area contributed by atoms with Gasteiger partial charge in [-0.15, -0.1) is 0 Å². The molecule has 0 aliphatic rings. The van der Waals surface area contributed by atoms with E-state index in [1.165, 1.54) is 12.1 Å². The number of hydrogen-bond acceptors (Lipinski definition) is 1. The van der Waals surface area contributed by atoms with Gasteiger partial charge in [-0.2, -0.15) is 0 Å². The van der Waals surface area contributed by atoms with Crippen LogP contribution in [-0.2, 0) is 0 Å². The molecule has 0 saturated carbocycles. The minimum Gasteiger partial charge on any atom is -0.393 e. The molecule has 0 heterocycles. The van der Waals surface area contributed by atoms with Crippen molar-refractivity contribution in [2.75, 3.05) is 0 Å². The first-order valence-electron chi connectivity index (χ1n) is 5.20. The molecule has 82 valence electrons. The molecule has 0 aliphatic heterocycles. The van der Waals surface area contributed by atoms with E-state index in [-0.39, 0.29) is 17.8 Å². The van der Waals surface area contributed by atoms with Crippen LogP contribution in [0.3, 0.4) is 0 Å². The predicted octanol–water partition coefficient (Wildman–Crippen LogP) is 3.25. The Labute approximate surface area is 90.3 Å². The van der Waals surface area contributed by atoms with Gasteiger partial charge >= 0.3 is 0 Å². The normalized spacial score (nSPS) is 15.5. The maximum Gasteiger partial charge on any atom is 0.123 e. The summed E-state index contributed by atoms with van der Waals surface area (Å²) >= 11 is 0. The highest BCUT2D eigenvalue weighted by molar-refractivity contribution is 5.48. The van der Waals surface area contributed by atoms with Gasteiger partial charge in [0.15, 0.2) is 0 Å². The van der Waals surface area contributed by atoms with E-state index < -0.39 is 0 Å². The van der Waals surface area contributed by atoms with Crippen molar-refractivity contribution in [2.45, 2.75) is 26.4 Å². The fraction of sp³-hybridized carbons (Fsp3) is 0.385. The van der Waals surface area contributed by atoms with E-state index in [0.717, 1.165) is 12.0 Å². The Morgan fingerprint density at radius 2 is 1.87 bits per heavy atom. The van der Waals surface area contributed by atoms with Crippen molar-refractivity contribution >= 4 is 6.08 Å². The van der Waals surface area contributed by atoms with Crippen molar-refractivity contribution in [3.8, 4) is 0 Å². The van der Waals surface area contributed by atoms with E-state index in [1.54, 1.807) is 19.1 Å². The summed E-state index contributed by atoms with van der Waals surface area (Å²) in [4.78, 5) is 0. The zero-order valence-electron chi connectivity index (χ0n) is 9.15. The standard InChI is InChI=1S/C13H17FO/c1-10(11(2)15)4-3-5-12-6-8-13(14)9-7-12/h3,5-11,15H,4H2,1-2H3. The molecule has 1 rings (SSSR count). The third kappa shape index (κ3) is 4.26. The lowest BCUT2D eigenvalue weighted by Gasteiger charge is -2.10. The van der Waals surface area contributed by atoms with Gasteiger partial charge in [0.1, 0.15) is 5.82 Å². The molecule has 1 nitrogen and oxygen atoms in total. The van der Waals surface area contributed by atoms with E-state index in [0.29, 0.717) is 0 Å². The summed E-state index contributed by atoms with van der Waals surface area (Å²) < 4.78 is 12.6. The highest BCUT2D eigenvalue weighted by Gasteiger charge is 2.05. The van der Waals surface area contributed by atoms with Crippen LogP contribution in [0.4, 0.5) is 4.39 Å². The molecule has 15 heavy (non-hydrogen) atoms. The van der Waals surface area contributed by atoms with Gasteiger partial charge in [-0.25, -0.2) is 4.39 Å². The summed E-state index contributed by atoms with van der Waals surface area (Å²) in [5.41, 5.74) is 0.981. The van der Waals surface area contributed by atoms with Crippen LogP contribution in [0.15, 0.2) is 30.3 Å². The van der Waals surface area contributed by atoms with Gasteiger partial charge in [-0.05, 0) is 37.0 Å². The maximum absolute atomic E-state index is 12.6. The molecule has 0 saturated heterocycles. The monoisotopic (exact) mass is 208 g/mol. The zero-order valence-corrected chi connectivity index (χ0v) is 9.15. The van der Waals surface area contributed by atoms with Crippen LogP contribution in [0, 0.1) is 11.7 Å². The molecule has 0 fully saturated rings. The van der Waals surface area contributed by atoms with Gasteiger partial charge in [-0.3, -0.25) is 0 Å². The molecule has 0 spiro atoms. The highest BCUT2D eigenvalue weighted by Crippen LogP contribution is 2.11. The first kappa shape index (κ1) is 11.9. The van der Waals surface area contributed by atoms with Crippen LogP contribution in [-0.4, -0.2) is 11.2 Å². The molecule has 2 unspecified atom stereocenters. The molecule has 1 N–H and O–H groups in total. The van der Waals surface area contributed by atoms with Gasteiger partial charge in [0.25, 0.3) is 0 Å². The van der Waals surface area contributed by atoms with Crippen molar-refractivity contribution in [2.24, 2.45) is 5.92 Å². The Hall–Kier alpha value is -1.15. The number of allylic oxidation sites excluding steroid dienone is 1. The molecule has 0 radical (unpaired) electrons. The summed E-state index contributed by atoms with van der Waals surface area (Å²) in [5.74, 6) is 0.0335. The lowest BCUT2D eigenvalue weighted by atomic mass is 10.0. The predicted molar refractivity (Wildman–Crippen MR) is 60.9 cm³/mol. The van der Waals surface area contributed by atoms with Crippen molar-refractivity contribution in [3.63, 3.8) is 0 Å². The Morgan fingerprint density at radius 1 is 1.27 bits per heavy atom. The van der Waals surface area contributed by atoms with Gasteiger partial charge in [0.2, 0.25) is 0 Å². The van der Waals surface area contributed by atoms with Crippen molar-refractivity contribution in [3.05, 3.63) is 41.7 Å². The minimum atomic E-state index is -0.289. The summed E-state index contributed by atoms with van der Waals surface area (Å²) in [6, 6.07) is 6.35. The number of aliphatic hydroxyl groups is 1. The number of rotatable bonds is 4.